The number of nitrogens with zero attached hydrogens (tertiary/aromatic N) is 4. The molecule has 0 spiro atoms. The van der Waals surface area contributed by atoms with E-state index in [0.717, 1.165) is 68.7 Å². The van der Waals surface area contributed by atoms with Crippen LogP contribution in [-0.2, 0) is 20.0 Å². The lowest BCUT2D eigenvalue weighted by atomic mass is 10.1. The maximum Gasteiger partial charge on any atom is 0.191 e. The summed E-state index contributed by atoms with van der Waals surface area (Å²) in [4.78, 5) is 7.28. The first-order valence-electron chi connectivity index (χ1n) is 11.4. The molecule has 1 aliphatic rings. The number of ether oxygens (including phenoxy) is 2. The van der Waals surface area contributed by atoms with Crippen LogP contribution in [0.2, 0.25) is 0 Å². The van der Waals surface area contributed by atoms with Crippen LogP contribution in [0, 0.1) is 13.8 Å². The Morgan fingerprint density at radius 3 is 2.50 bits per heavy atom. The van der Waals surface area contributed by atoms with E-state index in [1.165, 1.54) is 16.8 Å². The highest BCUT2D eigenvalue weighted by Crippen LogP contribution is 2.24. The van der Waals surface area contributed by atoms with E-state index in [2.05, 4.69) is 53.5 Å². The van der Waals surface area contributed by atoms with Gasteiger partial charge in [0.25, 0.3) is 0 Å². The summed E-state index contributed by atoms with van der Waals surface area (Å²) in [7, 11) is 5.37. The largest absolute Gasteiger partial charge is 0.497 e. The second-order valence-corrected chi connectivity index (χ2v) is 8.37. The fraction of sp³-hybridized carbons (Fsp3) is 0.583. The maximum atomic E-state index is 5.41. The number of methoxy groups -OCH3 is 2. The van der Waals surface area contributed by atoms with Gasteiger partial charge in [0.15, 0.2) is 5.96 Å². The minimum atomic E-state index is 0.377. The van der Waals surface area contributed by atoms with E-state index in [4.69, 9.17) is 14.5 Å². The van der Waals surface area contributed by atoms with Gasteiger partial charge in [0.2, 0.25) is 0 Å². The zero-order valence-corrected chi connectivity index (χ0v) is 20.4. The Labute approximate surface area is 192 Å². The zero-order chi connectivity index (χ0) is 23.1. The molecular formula is C24H38N6O2. The van der Waals surface area contributed by atoms with Crippen LogP contribution in [0.1, 0.15) is 35.9 Å². The maximum absolute atomic E-state index is 5.41. The van der Waals surface area contributed by atoms with Crippen molar-refractivity contribution in [2.24, 2.45) is 12.0 Å². The number of aliphatic imine (C=N–C) groups is 1. The Bertz CT molecular complexity index is 901. The summed E-state index contributed by atoms with van der Waals surface area (Å²) >= 11 is 0. The van der Waals surface area contributed by atoms with Gasteiger partial charge in [0, 0.05) is 57.6 Å². The SMILES string of the molecule is CCNC(=NCCc1c(C)nn(C)c1C)NC1CCN(Cc2cc(OC)cc(OC)c2)C1. The quantitative estimate of drug-likeness (QED) is 0.459. The molecular weight excluding hydrogens is 404 g/mol. The van der Waals surface area contributed by atoms with Gasteiger partial charge in [-0.15, -0.1) is 0 Å². The zero-order valence-electron chi connectivity index (χ0n) is 20.4. The molecule has 1 unspecified atom stereocenters. The summed E-state index contributed by atoms with van der Waals surface area (Å²) in [6, 6.07) is 6.45. The summed E-state index contributed by atoms with van der Waals surface area (Å²) in [5.74, 6) is 2.55. The molecule has 32 heavy (non-hydrogen) atoms. The van der Waals surface area contributed by atoms with E-state index < -0.39 is 0 Å². The van der Waals surface area contributed by atoms with Crippen molar-refractivity contribution in [1.82, 2.24) is 25.3 Å². The number of rotatable bonds is 9. The van der Waals surface area contributed by atoms with Gasteiger partial charge in [0.1, 0.15) is 11.5 Å². The fourth-order valence-electron chi connectivity index (χ4n) is 4.28. The van der Waals surface area contributed by atoms with Crippen molar-refractivity contribution < 1.29 is 9.47 Å². The molecule has 176 valence electrons. The molecule has 1 aliphatic heterocycles. The summed E-state index contributed by atoms with van der Waals surface area (Å²) in [5, 5.41) is 11.5. The Hall–Kier alpha value is -2.74. The molecule has 0 bridgehead atoms. The van der Waals surface area contributed by atoms with Crippen molar-refractivity contribution in [3.8, 4) is 11.5 Å². The van der Waals surface area contributed by atoms with Gasteiger partial charge >= 0.3 is 0 Å². The highest BCUT2D eigenvalue weighted by molar-refractivity contribution is 5.80. The van der Waals surface area contributed by atoms with Crippen molar-refractivity contribution in [3.63, 3.8) is 0 Å². The molecule has 8 nitrogen and oxygen atoms in total. The van der Waals surface area contributed by atoms with Crippen LogP contribution >= 0.6 is 0 Å². The number of guanidine groups is 1. The smallest absolute Gasteiger partial charge is 0.191 e. The molecule has 0 aliphatic carbocycles. The molecule has 0 amide bonds. The number of aromatic nitrogens is 2. The lowest BCUT2D eigenvalue weighted by molar-refractivity contribution is 0.321. The molecule has 3 rings (SSSR count). The molecule has 1 saturated heterocycles. The van der Waals surface area contributed by atoms with Gasteiger partial charge in [-0.1, -0.05) is 0 Å². The summed E-state index contributed by atoms with van der Waals surface area (Å²) < 4.78 is 12.8. The van der Waals surface area contributed by atoms with E-state index in [-0.39, 0.29) is 0 Å². The standard InChI is InChI=1S/C24H38N6O2/c1-7-25-24(26-10-8-23-17(2)28-29(4)18(23)3)27-20-9-11-30(16-20)15-19-12-21(31-5)14-22(13-19)32-6/h12-14,20H,7-11,15-16H2,1-6H3,(H2,25,26,27). The Kier molecular flexibility index (Phi) is 8.39. The van der Waals surface area contributed by atoms with Gasteiger partial charge in [-0.3, -0.25) is 14.6 Å². The topological polar surface area (TPSA) is 75.9 Å². The highest BCUT2D eigenvalue weighted by atomic mass is 16.5. The minimum absolute atomic E-state index is 0.377. The summed E-state index contributed by atoms with van der Waals surface area (Å²) in [6.45, 7) is 10.8. The lowest BCUT2D eigenvalue weighted by Gasteiger charge is -2.19. The van der Waals surface area contributed by atoms with Crippen LogP contribution < -0.4 is 20.1 Å². The first-order valence-corrected chi connectivity index (χ1v) is 11.4. The molecule has 0 radical (unpaired) electrons. The summed E-state index contributed by atoms with van der Waals surface area (Å²) in [6.07, 6.45) is 1.99. The van der Waals surface area contributed by atoms with Gasteiger partial charge < -0.3 is 20.1 Å². The van der Waals surface area contributed by atoms with E-state index >= 15 is 0 Å². The van der Waals surface area contributed by atoms with Gasteiger partial charge in [-0.2, -0.15) is 5.10 Å². The molecule has 1 aromatic carbocycles. The first-order chi connectivity index (χ1) is 15.4. The Morgan fingerprint density at radius 2 is 1.91 bits per heavy atom. The molecule has 2 N–H and O–H groups in total. The van der Waals surface area contributed by atoms with Gasteiger partial charge in [0.05, 0.1) is 19.9 Å². The fourth-order valence-corrected chi connectivity index (χ4v) is 4.28. The number of hydrogen-bond donors (Lipinski definition) is 2. The third-order valence-corrected chi connectivity index (χ3v) is 6.07. The molecule has 2 aromatic rings. The van der Waals surface area contributed by atoms with Crippen molar-refractivity contribution in [1.29, 1.82) is 0 Å². The third-order valence-electron chi connectivity index (χ3n) is 6.07. The van der Waals surface area contributed by atoms with Crippen molar-refractivity contribution in [2.45, 2.75) is 46.2 Å². The predicted molar refractivity (Wildman–Crippen MR) is 129 cm³/mol. The van der Waals surface area contributed by atoms with Crippen LogP contribution in [0.5, 0.6) is 11.5 Å². The molecule has 0 saturated carbocycles. The van der Waals surface area contributed by atoms with E-state index in [1.54, 1.807) is 14.2 Å². The molecule has 1 fully saturated rings. The van der Waals surface area contributed by atoms with E-state index in [1.807, 2.05) is 17.8 Å². The Morgan fingerprint density at radius 1 is 1.19 bits per heavy atom. The molecule has 2 heterocycles. The average Bonchev–Trinajstić information content (AvgIpc) is 3.31. The van der Waals surface area contributed by atoms with Gasteiger partial charge in [-0.25, -0.2) is 0 Å². The third kappa shape index (κ3) is 6.16. The number of benzene rings is 1. The van der Waals surface area contributed by atoms with E-state index in [0.29, 0.717) is 6.04 Å². The van der Waals surface area contributed by atoms with Crippen LogP contribution in [0.15, 0.2) is 23.2 Å². The predicted octanol–water partition coefficient (Wildman–Crippen LogP) is 2.43. The number of aryl methyl sites for hydroxylation is 2. The van der Waals surface area contributed by atoms with Crippen LogP contribution in [0.25, 0.3) is 0 Å². The first kappa shape index (κ1) is 23.9. The number of nitrogens with one attached hydrogen (secondary N) is 2. The van der Waals surface area contributed by atoms with Crippen molar-refractivity contribution in [2.75, 3.05) is 40.4 Å². The molecule has 8 heteroatoms. The van der Waals surface area contributed by atoms with Crippen LogP contribution in [0.3, 0.4) is 0 Å². The summed E-state index contributed by atoms with van der Waals surface area (Å²) in [5.41, 5.74) is 4.81. The average molecular weight is 443 g/mol. The van der Waals surface area contributed by atoms with Crippen LogP contribution in [-0.4, -0.2) is 67.1 Å². The number of hydrogen-bond acceptors (Lipinski definition) is 5. The highest BCUT2D eigenvalue weighted by Gasteiger charge is 2.23. The van der Waals surface area contributed by atoms with Gasteiger partial charge in [-0.05, 0) is 56.9 Å². The number of likely N-dealkylation sites (tertiary alicyclic amines) is 1. The second kappa shape index (κ2) is 11.2. The van der Waals surface area contributed by atoms with E-state index in [9.17, 15) is 0 Å². The second-order valence-electron chi connectivity index (χ2n) is 8.37. The van der Waals surface area contributed by atoms with Crippen molar-refractivity contribution in [3.05, 3.63) is 40.7 Å². The van der Waals surface area contributed by atoms with Crippen LogP contribution in [0.4, 0.5) is 0 Å². The molecule has 1 atom stereocenters. The lowest BCUT2D eigenvalue weighted by Crippen LogP contribution is -2.44. The minimum Gasteiger partial charge on any atom is -0.497 e. The monoisotopic (exact) mass is 442 g/mol. The molecule has 1 aromatic heterocycles. The normalized spacial score (nSPS) is 16.9. The van der Waals surface area contributed by atoms with Crippen molar-refractivity contribution >= 4 is 5.96 Å². The Balaban J connectivity index is 1.55.